The van der Waals surface area contributed by atoms with E-state index < -0.39 is 35.6 Å². The molecular weight excluding hydrogens is 837 g/mol. The molecule has 2 heterocycles. The van der Waals surface area contributed by atoms with E-state index in [1.807, 2.05) is 48.5 Å². The fourth-order valence-corrected chi connectivity index (χ4v) is 8.32. The third kappa shape index (κ3) is 7.53. The number of carboxylic acids is 2. The summed E-state index contributed by atoms with van der Waals surface area (Å²) in [5, 5.41) is 18.7. The second-order valence-corrected chi connectivity index (χ2v) is 17.1. The predicted molar refractivity (Wildman–Crippen MR) is 246 cm³/mol. The Morgan fingerprint density at radius 2 is 0.712 bits per heavy atom. The molecule has 0 atom stereocenters. The normalized spacial score (nSPS) is 13.5. The molecule has 7 aromatic carbocycles. The first kappa shape index (κ1) is 42.7. The minimum Gasteiger partial charge on any atom is -0.478 e. The molecule has 2 N–H and O–H groups in total. The highest BCUT2D eigenvalue weighted by atomic mass is 16.5. The Hall–Kier alpha value is -8.64. The van der Waals surface area contributed by atoms with Crippen molar-refractivity contribution in [3.63, 3.8) is 0 Å². The van der Waals surface area contributed by atoms with E-state index in [4.69, 9.17) is 9.47 Å². The summed E-state index contributed by atoms with van der Waals surface area (Å²) in [5.74, 6) is -2.38. The van der Waals surface area contributed by atoms with Gasteiger partial charge in [-0.2, -0.15) is 0 Å². The van der Waals surface area contributed by atoms with Crippen LogP contribution in [0.4, 0.5) is 11.4 Å². The number of ether oxygens (including phenoxy) is 2. The zero-order chi connectivity index (χ0) is 46.7. The maximum absolute atomic E-state index is 13.1. The lowest BCUT2D eigenvalue weighted by molar-refractivity contribution is 0.0686. The van der Waals surface area contributed by atoms with Gasteiger partial charge in [0.05, 0.1) is 44.8 Å². The SMILES string of the molecule is CC(C)(c1ccc(Oc2ccc(N3C(=O)c4ccc(C(=O)O)cc4C3=O)cc2)cc1)c1cccc(C(C)(C)c2ccc(Oc3ccc(N4C(=O)c5ccc(C(=O)O)cc5C4=O)cc3)cc2)c1. The molecule has 7 aromatic rings. The Kier molecular flexibility index (Phi) is 10.4. The molecule has 9 rings (SSSR count). The van der Waals surface area contributed by atoms with Crippen molar-refractivity contribution in [1.29, 1.82) is 0 Å². The number of imide groups is 2. The second-order valence-electron chi connectivity index (χ2n) is 17.1. The van der Waals surface area contributed by atoms with E-state index in [-0.39, 0.29) is 44.2 Å². The molecule has 12 heteroatoms. The Balaban J connectivity index is 0.836. The standard InChI is InChI=1S/C54H40N2O10/c1-53(2,33-10-18-39(19-11-33)65-41-22-14-37(15-23-41)55-47(57)43-26-8-31(51(61)62)28-45(43)49(55)59)35-6-5-7-36(30-35)54(3,4)34-12-20-40(21-13-34)66-42-24-16-38(17-25-42)56-48(58)44-27-9-32(52(63)64)29-46(44)50(56)60/h5-30H,1-4H3,(H,61,62)(H,63,64). The van der Waals surface area contributed by atoms with Crippen molar-refractivity contribution in [2.45, 2.75) is 38.5 Å². The zero-order valence-corrected chi connectivity index (χ0v) is 36.1. The Morgan fingerprint density at radius 1 is 0.394 bits per heavy atom. The minimum absolute atomic E-state index is 0.0502. The van der Waals surface area contributed by atoms with Crippen molar-refractivity contribution in [2.75, 3.05) is 9.80 Å². The van der Waals surface area contributed by atoms with Gasteiger partial charge in [0, 0.05) is 10.8 Å². The second kappa shape index (κ2) is 16.2. The number of fused-ring (bicyclic) bond motifs is 2. The highest BCUT2D eigenvalue weighted by molar-refractivity contribution is 6.35. The van der Waals surface area contributed by atoms with Crippen LogP contribution in [0.25, 0.3) is 0 Å². The van der Waals surface area contributed by atoms with Crippen molar-refractivity contribution in [2.24, 2.45) is 0 Å². The molecule has 326 valence electrons. The lowest BCUT2D eigenvalue weighted by Gasteiger charge is -2.31. The van der Waals surface area contributed by atoms with E-state index in [1.54, 1.807) is 48.5 Å². The van der Waals surface area contributed by atoms with Gasteiger partial charge in [-0.05, 0) is 131 Å². The van der Waals surface area contributed by atoms with Gasteiger partial charge in [-0.25, -0.2) is 19.4 Å². The third-order valence-corrected chi connectivity index (χ3v) is 12.4. The monoisotopic (exact) mass is 876 g/mol. The fraction of sp³-hybridized carbons (Fsp3) is 0.111. The Morgan fingerprint density at radius 3 is 1.05 bits per heavy atom. The summed E-state index contributed by atoms with van der Waals surface area (Å²) < 4.78 is 12.3. The molecule has 0 aromatic heterocycles. The lowest BCUT2D eigenvalue weighted by atomic mass is 9.73. The number of amides is 4. The molecule has 4 amide bonds. The van der Waals surface area contributed by atoms with Crippen LogP contribution in [0.2, 0.25) is 0 Å². The molecule has 12 nitrogen and oxygen atoms in total. The number of carbonyl (C=O) groups is 6. The number of carbonyl (C=O) groups excluding carboxylic acids is 4. The van der Waals surface area contributed by atoms with Crippen LogP contribution in [0.1, 0.15) is 112 Å². The molecule has 0 fully saturated rings. The van der Waals surface area contributed by atoms with Gasteiger partial charge in [-0.1, -0.05) is 76.2 Å². The van der Waals surface area contributed by atoms with Gasteiger partial charge in [-0.3, -0.25) is 19.2 Å². The van der Waals surface area contributed by atoms with Crippen LogP contribution in [-0.4, -0.2) is 45.8 Å². The fourth-order valence-electron chi connectivity index (χ4n) is 8.32. The number of carboxylic acid groups (broad SMARTS) is 2. The first-order chi connectivity index (χ1) is 31.5. The topological polar surface area (TPSA) is 168 Å². The Bertz CT molecular complexity index is 2940. The van der Waals surface area contributed by atoms with Crippen molar-refractivity contribution >= 4 is 46.9 Å². The van der Waals surface area contributed by atoms with Crippen LogP contribution in [0.5, 0.6) is 23.0 Å². The van der Waals surface area contributed by atoms with E-state index in [1.165, 1.54) is 36.4 Å². The minimum atomic E-state index is -1.18. The van der Waals surface area contributed by atoms with Gasteiger partial charge in [-0.15, -0.1) is 0 Å². The van der Waals surface area contributed by atoms with Gasteiger partial charge in [0.2, 0.25) is 0 Å². The largest absolute Gasteiger partial charge is 0.478 e. The van der Waals surface area contributed by atoms with Crippen LogP contribution in [0, 0.1) is 0 Å². The van der Waals surface area contributed by atoms with Gasteiger partial charge >= 0.3 is 11.9 Å². The lowest BCUT2D eigenvalue weighted by Crippen LogP contribution is -2.29. The summed E-state index contributed by atoms with van der Waals surface area (Å²) in [5.41, 5.74) is 4.59. The van der Waals surface area contributed by atoms with Crippen LogP contribution in [0.15, 0.2) is 158 Å². The molecule has 0 aliphatic carbocycles. The van der Waals surface area contributed by atoms with Crippen LogP contribution in [-0.2, 0) is 10.8 Å². The quantitative estimate of drug-likeness (QED) is 0.113. The molecule has 0 radical (unpaired) electrons. The number of hydrogen-bond donors (Lipinski definition) is 2. The summed E-state index contributed by atoms with van der Waals surface area (Å²) in [6.45, 7) is 8.69. The average Bonchev–Trinajstić information content (AvgIpc) is 3.72. The van der Waals surface area contributed by atoms with Crippen LogP contribution >= 0.6 is 0 Å². The summed E-state index contributed by atoms with van der Waals surface area (Å²) in [6.07, 6.45) is 0. The molecule has 0 bridgehead atoms. The zero-order valence-electron chi connectivity index (χ0n) is 36.1. The number of benzene rings is 7. The summed E-state index contributed by atoms with van der Waals surface area (Å²) in [7, 11) is 0. The number of anilines is 2. The van der Waals surface area contributed by atoms with E-state index >= 15 is 0 Å². The van der Waals surface area contributed by atoms with Crippen molar-refractivity contribution in [3.05, 3.63) is 213 Å². The first-order valence-corrected chi connectivity index (χ1v) is 20.9. The maximum Gasteiger partial charge on any atom is 0.335 e. The van der Waals surface area contributed by atoms with E-state index in [0.29, 0.717) is 34.4 Å². The molecule has 2 aliphatic rings. The molecule has 0 saturated heterocycles. The third-order valence-electron chi connectivity index (χ3n) is 12.4. The summed E-state index contributed by atoms with van der Waals surface area (Å²) in [6, 6.07) is 45.1. The predicted octanol–water partition coefficient (Wildman–Crippen LogP) is 10.9. The summed E-state index contributed by atoms with van der Waals surface area (Å²) >= 11 is 0. The van der Waals surface area contributed by atoms with Crippen LogP contribution < -0.4 is 19.3 Å². The molecular formula is C54H40N2O10. The highest BCUT2D eigenvalue weighted by Crippen LogP contribution is 2.39. The average molecular weight is 877 g/mol. The highest BCUT2D eigenvalue weighted by Gasteiger charge is 2.39. The number of nitrogens with zero attached hydrogens (tertiary/aromatic N) is 2. The summed E-state index contributed by atoms with van der Waals surface area (Å²) in [4.78, 5) is 77.2. The number of hydrogen-bond acceptors (Lipinski definition) is 8. The van der Waals surface area contributed by atoms with Gasteiger partial charge in [0.15, 0.2) is 0 Å². The van der Waals surface area contributed by atoms with Gasteiger partial charge in [0.1, 0.15) is 23.0 Å². The first-order valence-electron chi connectivity index (χ1n) is 20.9. The molecule has 0 unspecified atom stereocenters. The number of aromatic carboxylic acids is 2. The van der Waals surface area contributed by atoms with Crippen molar-refractivity contribution in [3.8, 4) is 23.0 Å². The van der Waals surface area contributed by atoms with E-state index in [2.05, 4.69) is 52.0 Å². The molecule has 0 spiro atoms. The number of rotatable bonds is 12. The molecule has 0 saturated carbocycles. The van der Waals surface area contributed by atoms with Gasteiger partial charge in [0.25, 0.3) is 23.6 Å². The van der Waals surface area contributed by atoms with Crippen LogP contribution in [0.3, 0.4) is 0 Å². The van der Waals surface area contributed by atoms with Crippen molar-refractivity contribution in [1.82, 2.24) is 0 Å². The smallest absolute Gasteiger partial charge is 0.335 e. The van der Waals surface area contributed by atoms with Crippen molar-refractivity contribution < 1.29 is 48.5 Å². The molecule has 2 aliphatic heterocycles. The molecule has 66 heavy (non-hydrogen) atoms. The Labute approximate surface area is 378 Å². The van der Waals surface area contributed by atoms with E-state index in [0.717, 1.165) is 32.1 Å². The van der Waals surface area contributed by atoms with E-state index in [9.17, 15) is 39.0 Å². The maximum atomic E-state index is 13.1. The van der Waals surface area contributed by atoms with Gasteiger partial charge < -0.3 is 19.7 Å².